The van der Waals surface area contributed by atoms with Gasteiger partial charge in [-0.25, -0.2) is 0 Å². The number of carbonyl (C=O) groups is 1. The lowest BCUT2D eigenvalue weighted by Gasteiger charge is -2.40. The molecule has 1 fully saturated rings. The number of benzene rings is 1. The molecule has 1 saturated heterocycles. The Kier molecular flexibility index (Phi) is 5.18. The molecule has 0 aliphatic carbocycles. The molecule has 1 unspecified atom stereocenters. The van der Waals surface area contributed by atoms with Gasteiger partial charge in [0.1, 0.15) is 0 Å². The van der Waals surface area contributed by atoms with Crippen LogP contribution in [0.5, 0.6) is 0 Å². The predicted octanol–water partition coefficient (Wildman–Crippen LogP) is 1.98. The van der Waals surface area contributed by atoms with Gasteiger partial charge in [-0.15, -0.1) is 0 Å². The lowest BCUT2D eigenvalue weighted by molar-refractivity contribution is -0.0108. The molecule has 0 radical (unpaired) electrons. The van der Waals surface area contributed by atoms with Gasteiger partial charge < -0.3 is 10.0 Å². The van der Waals surface area contributed by atoms with E-state index in [0.717, 1.165) is 30.5 Å². The first kappa shape index (κ1) is 15.5. The van der Waals surface area contributed by atoms with Crippen LogP contribution >= 0.6 is 15.9 Å². The summed E-state index contributed by atoms with van der Waals surface area (Å²) >= 11 is 3.37. The second kappa shape index (κ2) is 6.70. The molecule has 0 aromatic heterocycles. The molecule has 1 aromatic rings. The fourth-order valence-corrected chi connectivity index (χ4v) is 2.74. The zero-order valence-corrected chi connectivity index (χ0v) is 13.5. The zero-order chi connectivity index (χ0) is 14.7. The number of rotatable bonds is 5. The number of aliphatic hydroxyl groups excluding tert-OH is 1. The summed E-state index contributed by atoms with van der Waals surface area (Å²) in [5, 5.41) is 9.33. The first-order valence-corrected chi connectivity index (χ1v) is 7.73. The number of β-amino-alcohol motifs (C(OH)–C–C–N with tert-alkyl or cyclic N) is 1. The fraction of sp³-hybridized carbons (Fsp3) is 0.533. The Labute approximate surface area is 128 Å². The second-order valence-corrected chi connectivity index (χ2v) is 6.27. The quantitative estimate of drug-likeness (QED) is 0.891. The Hall–Kier alpha value is -0.910. The van der Waals surface area contributed by atoms with E-state index in [0.29, 0.717) is 5.56 Å². The molecule has 1 atom stereocenters. The van der Waals surface area contributed by atoms with E-state index >= 15 is 0 Å². The molecule has 0 spiro atoms. The van der Waals surface area contributed by atoms with Gasteiger partial charge in [-0.05, 0) is 30.7 Å². The maximum atomic E-state index is 12.5. The number of likely N-dealkylation sites (N-methyl/N-ethyl adjacent to an activating group) is 1. The number of amides is 1. The van der Waals surface area contributed by atoms with E-state index in [2.05, 4.69) is 27.8 Å². The highest BCUT2D eigenvalue weighted by Crippen LogP contribution is 2.16. The number of hydrogen-bond donors (Lipinski definition) is 1. The average Bonchev–Trinajstić information content (AvgIpc) is 2.41. The van der Waals surface area contributed by atoms with Gasteiger partial charge in [0.05, 0.1) is 6.10 Å². The van der Waals surface area contributed by atoms with Crippen LogP contribution in [0.1, 0.15) is 23.7 Å². The van der Waals surface area contributed by atoms with Gasteiger partial charge >= 0.3 is 0 Å². The van der Waals surface area contributed by atoms with Crippen LogP contribution in [-0.2, 0) is 0 Å². The largest absolute Gasteiger partial charge is 0.390 e. The number of carbonyl (C=O) groups excluding carboxylic acids is 1. The zero-order valence-electron chi connectivity index (χ0n) is 11.9. The molecule has 1 aliphatic rings. The molecule has 1 aliphatic heterocycles. The van der Waals surface area contributed by atoms with Crippen LogP contribution in [-0.4, -0.2) is 59.6 Å². The number of hydrogen-bond acceptors (Lipinski definition) is 3. The highest BCUT2D eigenvalue weighted by atomic mass is 79.9. The van der Waals surface area contributed by atoms with Gasteiger partial charge in [-0.2, -0.15) is 0 Å². The summed E-state index contributed by atoms with van der Waals surface area (Å²) in [6, 6.07) is 7.62. The first-order valence-electron chi connectivity index (χ1n) is 6.94. The van der Waals surface area contributed by atoms with Crippen molar-refractivity contribution in [3.05, 3.63) is 34.3 Å². The van der Waals surface area contributed by atoms with Crippen molar-refractivity contribution in [2.75, 3.05) is 26.7 Å². The SMILES string of the molecule is CCC(CN1CC(O)C1)N(C)C(=O)c1ccc(Br)cc1. The van der Waals surface area contributed by atoms with E-state index in [-0.39, 0.29) is 18.1 Å². The van der Waals surface area contributed by atoms with Crippen molar-refractivity contribution in [3.8, 4) is 0 Å². The van der Waals surface area contributed by atoms with Gasteiger partial charge in [0.25, 0.3) is 5.91 Å². The summed E-state index contributed by atoms with van der Waals surface area (Å²) in [6.45, 7) is 4.35. The molecular formula is C15H21BrN2O2. The van der Waals surface area contributed by atoms with Crippen LogP contribution in [0, 0.1) is 0 Å². The topological polar surface area (TPSA) is 43.8 Å². The Morgan fingerprint density at radius 2 is 2.05 bits per heavy atom. The maximum Gasteiger partial charge on any atom is 0.253 e. The number of aliphatic hydroxyl groups is 1. The normalized spacial score (nSPS) is 17.6. The van der Waals surface area contributed by atoms with Crippen molar-refractivity contribution < 1.29 is 9.90 Å². The standard InChI is InChI=1S/C15H21BrN2O2/c1-3-13(8-18-9-14(19)10-18)17(2)15(20)11-4-6-12(16)7-5-11/h4-7,13-14,19H,3,8-10H2,1-2H3. The van der Waals surface area contributed by atoms with E-state index in [4.69, 9.17) is 0 Å². The average molecular weight is 341 g/mol. The Bertz CT molecular complexity index is 457. The van der Waals surface area contributed by atoms with E-state index in [1.807, 2.05) is 36.2 Å². The Balaban J connectivity index is 1.98. The minimum absolute atomic E-state index is 0.0467. The van der Waals surface area contributed by atoms with Crippen LogP contribution < -0.4 is 0 Å². The van der Waals surface area contributed by atoms with Crippen LogP contribution in [0.4, 0.5) is 0 Å². The molecule has 2 rings (SSSR count). The van der Waals surface area contributed by atoms with Gasteiger partial charge in [-0.3, -0.25) is 9.69 Å². The third-order valence-electron chi connectivity index (χ3n) is 3.84. The third kappa shape index (κ3) is 3.59. The molecule has 1 N–H and O–H groups in total. The molecule has 4 nitrogen and oxygen atoms in total. The molecule has 5 heteroatoms. The van der Waals surface area contributed by atoms with Gasteiger partial charge in [0.2, 0.25) is 0 Å². The molecule has 1 amide bonds. The van der Waals surface area contributed by atoms with Crippen molar-refractivity contribution in [3.63, 3.8) is 0 Å². The Morgan fingerprint density at radius 3 is 2.55 bits per heavy atom. The lowest BCUT2D eigenvalue weighted by Crippen LogP contribution is -2.55. The number of nitrogens with zero attached hydrogens (tertiary/aromatic N) is 2. The highest BCUT2D eigenvalue weighted by Gasteiger charge is 2.29. The molecular weight excluding hydrogens is 320 g/mol. The highest BCUT2D eigenvalue weighted by molar-refractivity contribution is 9.10. The second-order valence-electron chi connectivity index (χ2n) is 5.36. The number of halogens is 1. The van der Waals surface area contributed by atoms with Crippen LogP contribution in [0.3, 0.4) is 0 Å². The van der Waals surface area contributed by atoms with E-state index in [9.17, 15) is 9.90 Å². The predicted molar refractivity (Wildman–Crippen MR) is 82.8 cm³/mol. The van der Waals surface area contributed by atoms with Crippen LogP contribution in [0.15, 0.2) is 28.7 Å². The van der Waals surface area contributed by atoms with Gasteiger partial charge in [0.15, 0.2) is 0 Å². The molecule has 0 saturated carbocycles. The summed E-state index contributed by atoms with van der Waals surface area (Å²) in [5.41, 5.74) is 0.706. The van der Waals surface area contributed by atoms with Gasteiger partial charge in [-0.1, -0.05) is 22.9 Å². The van der Waals surface area contributed by atoms with Crippen molar-refractivity contribution in [2.45, 2.75) is 25.5 Å². The van der Waals surface area contributed by atoms with E-state index in [1.54, 1.807) is 0 Å². The lowest BCUT2D eigenvalue weighted by atomic mass is 10.1. The van der Waals surface area contributed by atoms with Gasteiger partial charge in [0, 0.05) is 42.8 Å². The smallest absolute Gasteiger partial charge is 0.253 e. The first-order chi connectivity index (χ1) is 9.51. The third-order valence-corrected chi connectivity index (χ3v) is 4.37. The summed E-state index contributed by atoms with van der Waals surface area (Å²) in [7, 11) is 1.86. The molecule has 1 aromatic carbocycles. The van der Waals surface area contributed by atoms with Crippen molar-refractivity contribution in [1.29, 1.82) is 0 Å². The number of likely N-dealkylation sites (tertiary alicyclic amines) is 1. The van der Waals surface area contributed by atoms with Crippen molar-refractivity contribution in [1.82, 2.24) is 9.80 Å². The summed E-state index contributed by atoms with van der Waals surface area (Å²) < 4.78 is 0.971. The van der Waals surface area contributed by atoms with Crippen LogP contribution in [0.25, 0.3) is 0 Å². The molecule has 20 heavy (non-hydrogen) atoms. The van der Waals surface area contributed by atoms with Crippen molar-refractivity contribution in [2.24, 2.45) is 0 Å². The summed E-state index contributed by atoms with van der Waals surface area (Å²) in [5.74, 6) is 0.0467. The fourth-order valence-electron chi connectivity index (χ4n) is 2.48. The van der Waals surface area contributed by atoms with E-state index < -0.39 is 0 Å². The molecule has 110 valence electrons. The van der Waals surface area contributed by atoms with Crippen molar-refractivity contribution >= 4 is 21.8 Å². The molecule has 0 bridgehead atoms. The summed E-state index contributed by atoms with van der Waals surface area (Å²) in [6.07, 6.45) is 0.714. The molecule has 1 heterocycles. The maximum absolute atomic E-state index is 12.5. The minimum Gasteiger partial charge on any atom is -0.390 e. The monoisotopic (exact) mass is 340 g/mol. The Morgan fingerprint density at radius 1 is 1.45 bits per heavy atom. The summed E-state index contributed by atoms with van der Waals surface area (Å²) in [4.78, 5) is 16.4. The minimum atomic E-state index is -0.194. The van der Waals surface area contributed by atoms with Crippen LogP contribution in [0.2, 0.25) is 0 Å². The van der Waals surface area contributed by atoms with E-state index in [1.165, 1.54) is 0 Å².